The highest BCUT2D eigenvalue weighted by molar-refractivity contribution is 8.01. The lowest BCUT2D eigenvalue weighted by Gasteiger charge is -2.43. The third-order valence-electron chi connectivity index (χ3n) is 5.43. The molecule has 0 aliphatic carbocycles. The summed E-state index contributed by atoms with van der Waals surface area (Å²) in [6.45, 7) is 6.02. The summed E-state index contributed by atoms with van der Waals surface area (Å²) < 4.78 is 4.79. The van der Waals surface area contributed by atoms with Gasteiger partial charge < -0.3 is 25.2 Å². The van der Waals surface area contributed by atoms with Crippen LogP contribution in [0.25, 0.3) is 0 Å². The normalized spacial score (nSPS) is 24.7. The lowest BCUT2D eigenvalue weighted by atomic mass is 9.94. The van der Waals surface area contributed by atoms with E-state index in [-0.39, 0.29) is 6.42 Å². The van der Waals surface area contributed by atoms with Crippen molar-refractivity contribution in [1.82, 2.24) is 10.2 Å². The summed E-state index contributed by atoms with van der Waals surface area (Å²) in [4.78, 5) is 49.7. The molecule has 2 fully saturated rings. The first kappa shape index (κ1) is 22.9. The number of β-lactam (4-membered cyclic amide) rings is 1. The third-order valence-corrected chi connectivity index (χ3v) is 7.01. The Balaban J connectivity index is 1.65. The molecule has 2 aliphatic rings. The first-order chi connectivity index (χ1) is 14.6. The molecule has 0 saturated carbocycles. The van der Waals surface area contributed by atoms with Gasteiger partial charge in [0.2, 0.25) is 11.8 Å². The second-order valence-electron chi connectivity index (χ2n) is 8.16. The molecule has 3 N–H and O–H groups in total. The van der Waals surface area contributed by atoms with Crippen molar-refractivity contribution < 1.29 is 34.1 Å². The number of ether oxygens (including phenoxy) is 1. The Labute approximate surface area is 184 Å². The summed E-state index contributed by atoms with van der Waals surface area (Å²) in [5.74, 6) is -3.74. The fourth-order valence-electron chi connectivity index (χ4n) is 3.93. The van der Waals surface area contributed by atoms with Crippen LogP contribution >= 0.6 is 11.8 Å². The lowest BCUT2D eigenvalue weighted by molar-refractivity contribution is -0.161. The molecule has 10 heteroatoms. The van der Waals surface area contributed by atoms with E-state index in [2.05, 4.69) is 5.32 Å². The van der Waals surface area contributed by atoms with Gasteiger partial charge in [0.1, 0.15) is 23.2 Å². The number of thioether (sulfide) groups is 1. The molecule has 4 atom stereocenters. The maximum absolute atomic E-state index is 12.6. The molecule has 2 amide bonds. The van der Waals surface area contributed by atoms with Crippen LogP contribution in [0.1, 0.15) is 45.1 Å². The smallest absolute Gasteiger partial charge is 0.327 e. The highest BCUT2D eigenvalue weighted by atomic mass is 32.2. The fourth-order valence-corrected chi connectivity index (χ4v) is 5.55. The van der Waals surface area contributed by atoms with Crippen molar-refractivity contribution in [1.29, 1.82) is 0 Å². The Hall–Kier alpha value is -2.75. The van der Waals surface area contributed by atoms with Gasteiger partial charge >= 0.3 is 11.9 Å². The highest BCUT2D eigenvalue weighted by Crippen LogP contribution is 2.50. The van der Waals surface area contributed by atoms with Gasteiger partial charge in [-0.05, 0) is 38.0 Å². The van der Waals surface area contributed by atoms with Gasteiger partial charge in [-0.2, -0.15) is 0 Å². The number of carbonyl (C=O) groups is 4. The number of amides is 2. The minimum atomic E-state index is -1.15. The van der Waals surface area contributed by atoms with E-state index in [4.69, 9.17) is 4.74 Å². The second kappa shape index (κ2) is 8.78. The molecular formula is C21H26N2O7S. The topological polar surface area (TPSA) is 133 Å². The Kier molecular flexibility index (Phi) is 6.49. The van der Waals surface area contributed by atoms with Crippen molar-refractivity contribution in [3.8, 4) is 5.75 Å². The van der Waals surface area contributed by atoms with Gasteiger partial charge in [0.05, 0.1) is 12.5 Å². The Bertz CT molecular complexity index is 886. The number of carbonyl (C=O) groups excluding carboxylic acids is 2. The molecule has 1 unspecified atom stereocenters. The zero-order valence-electron chi connectivity index (χ0n) is 17.5. The summed E-state index contributed by atoms with van der Waals surface area (Å²) in [5, 5.41) is 21.2. The van der Waals surface area contributed by atoms with Gasteiger partial charge in [-0.25, -0.2) is 4.79 Å². The molecule has 0 radical (unpaired) electrons. The first-order valence-electron chi connectivity index (χ1n) is 10.0. The number of hydrogen-bond donors (Lipinski definition) is 3. The van der Waals surface area contributed by atoms with Crippen molar-refractivity contribution in [3.05, 3.63) is 29.8 Å². The monoisotopic (exact) mass is 450 g/mol. The van der Waals surface area contributed by atoms with E-state index < -0.39 is 51.9 Å². The number of carboxylic acid groups (broad SMARTS) is 2. The van der Waals surface area contributed by atoms with Crippen molar-refractivity contribution in [2.24, 2.45) is 0 Å². The average molecular weight is 451 g/mol. The first-order valence-corrected chi connectivity index (χ1v) is 10.9. The van der Waals surface area contributed by atoms with Crippen LogP contribution in [-0.4, -0.2) is 67.7 Å². The molecule has 168 valence electrons. The van der Waals surface area contributed by atoms with Crippen LogP contribution in [0.5, 0.6) is 5.75 Å². The minimum Gasteiger partial charge on any atom is -0.494 e. The average Bonchev–Trinajstić information content (AvgIpc) is 2.97. The number of aliphatic carboxylic acids is 2. The summed E-state index contributed by atoms with van der Waals surface area (Å²) in [5.41, 5.74) is 0.454. The largest absolute Gasteiger partial charge is 0.494 e. The zero-order chi connectivity index (χ0) is 22.9. The zero-order valence-corrected chi connectivity index (χ0v) is 18.3. The maximum Gasteiger partial charge on any atom is 0.327 e. The molecule has 1 aromatic rings. The highest BCUT2D eigenvalue weighted by Gasteiger charge is 2.64. The Morgan fingerprint density at radius 2 is 1.87 bits per heavy atom. The van der Waals surface area contributed by atoms with Crippen LogP contribution in [0.2, 0.25) is 0 Å². The molecule has 2 saturated heterocycles. The van der Waals surface area contributed by atoms with E-state index in [0.717, 1.165) is 6.42 Å². The summed E-state index contributed by atoms with van der Waals surface area (Å²) in [6.07, 6.45) is 0.512. The number of rotatable bonds is 9. The van der Waals surface area contributed by atoms with Gasteiger partial charge in [-0.3, -0.25) is 14.4 Å². The number of hydrogen-bond acceptors (Lipinski definition) is 6. The molecule has 2 heterocycles. The van der Waals surface area contributed by atoms with E-state index in [1.165, 1.54) is 16.7 Å². The second-order valence-corrected chi connectivity index (χ2v) is 9.93. The number of fused-ring (bicyclic) bond motifs is 1. The van der Waals surface area contributed by atoms with Crippen LogP contribution in [0.3, 0.4) is 0 Å². The fraction of sp³-hybridized carbons (Fsp3) is 0.524. The van der Waals surface area contributed by atoms with Crippen molar-refractivity contribution >= 4 is 35.5 Å². The van der Waals surface area contributed by atoms with Crippen LogP contribution < -0.4 is 10.1 Å². The van der Waals surface area contributed by atoms with E-state index in [0.29, 0.717) is 17.9 Å². The quantitative estimate of drug-likeness (QED) is 0.484. The van der Waals surface area contributed by atoms with E-state index in [1.54, 1.807) is 38.1 Å². The molecule has 9 nitrogen and oxygen atoms in total. The Morgan fingerprint density at radius 1 is 1.23 bits per heavy atom. The molecular weight excluding hydrogens is 424 g/mol. The van der Waals surface area contributed by atoms with Gasteiger partial charge in [-0.15, -0.1) is 11.8 Å². The number of benzene rings is 1. The van der Waals surface area contributed by atoms with Gasteiger partial charge in [0, 0.05) is 11.2 Å². The van der Waals surface area contributed by atoms with Crippen molar-refractivity contribution in [3.63, 3.8) is 0 Å². The minimum absolute atomic E-state index is 0.336. The Morgan fingerprint density at radius 3 is 2.42 bits per heavy atom. The van der Waals surface area contributed by atoms with E-state index in [1.807, 2.05) is 6.92 Å². The lowest BCUT2D eigenvalue weighted by Crippen LogP contribution is -2.70. The van der Waals surface area contributed by atoms with Crippen molar-refractivity contribution in [2.75, 3.05) is 6.61 Å². The molecule has 0 bridgehead atoms. The standard InChI is InChI=1S/C21H26N2O7S/c1-4-9-30-12-7-5-11(6-8-12)13(19(26)27)10-14(24)22-15-17(25)23-16(20(28)29)21(2,3)31-18(15)23/h5-8,13,15-16,18H,4,9-10H2,1-3H3,(H,22,24)(H,26,27)(H,28,29)/t13?,15-,16+,18-/m1/s1. The predicted octanol–water partition coefficient (Wildman–Crippen LogP) is 1.67. The van der Waals surface area contributed by atoms with E-state index in [9.17, 15) is 29.4 Å². The molecule has 0 aromatic heterocycles. The summed E-state index contributed by atoms with van der Waals surface area (Å²) in [7, 11) is 0. The summed E-state index contributed by atoms with van der Waals surface area (Å²) in [6, 6.07) is 4.72. The van der Waals surface area contributed by atoms with E-state index >= 15 is 0 Å². The molecule has 31 heavy (non-hydrogen) atoms. The van der Waals surface area contributed by atoms with Crippen molar-refractivity contribution in [2.45, 2.75) is 61.7 Å². The van der Waals surface area contributed by atoms with Crippen LogP contribution in [0.4, 0.5) is 0 Å². The SMILES string of the molecule is CCCOc1ccc(C(CC(=O)N[C@@H]2C(=O)N3[C@@H]2SC(C)(C)[C@@H]3C(=O)O)C(=O)O)cc1. The number of nitrogens with zero attached hydrogens (tertiary/aromatic N) is 1. The number of nitrogens with one attached hydrogen (secondary N) is 1. The van der Waals surface area contributed by atoms with Crippen LogP contribution in [-0.2, 0) is 19.2 Å². The third kappa shape index (κ3) is 4.48. The maximum atomic E-state index is 12.6. The van der Waals surface area contributed by atoms with Crippen LogP contribution in [0, 0.1) is 0 Å². The summed E-state index contributed by atoms with van der Waals surface area (Å²) >= 11 is 1.32. The molecule has 0 spiro atoms. The van der Waals surface area contributed by atoms with Crippen LogP contribution in [0.15, 0.2) is 24.3 Å². The van der Waals surface area contributed by atoms with Gasteiger partial charge in [0.25, 0.3) is 0 Å². The van der Waals surface area contributed by atoms with Gasteiger partial charge in [0.15, 0.2) is 0 Å². The molecule has 3 rings (SSSR count). The van der Waals surface area contributed by atoms with Gasteiger partial charge in [-0.1, -0.05) is 19.1 Å². The predicted molar refractivity (Wildman–Crippen MR) is 113 cm³/mol. The molecule has 1 aromatic carbocycles. The molecule has 2 aliphatic heterocycles. The number of carboxylic acids is 2.